The summed E-state index contributed by atoms with van der Waals surface area (Å²) in [7, 11) is 0. The summed E-state index contributed by atoms with van der Waals surface area (Å²) >= 11 is 9.04. The van der Waals surface area contributed by atoms with Gasteiger partial charge in [0.25, 0.3) is 0 Å². The molecule has 0 aromatic heterocycles. The van der Waals surface area contributed by atoms with E-state index in [2.05, 4.69) is 21.2 Å². The molecule has 0 spiro atoms. The summed E-state index contributed by atoms with van der Waals surface area (Å²) in [6.45, 7) is 0.600. The van der Waals surface area contributed by atoms with Crippen LogP contribution in [0.25, 0.3) is 0 Å². The largest absolute Gasteiger partial charge is 0.391 e. The fourth-order valence-corrected chi connectivity index (χ4v) is 2.62. The van der Waals surface area contributed by atoms with Crippen LogP contribution in [-0.4, -0.2) is 41.0 Å². The minimum atomic E-state index is -0.725. The number of carbonyl (C=O) groups is 2. The maximum Gasteiger partial charge on any atom is 0.313 e. The molecule has 0 radical (unpaired) electrons. The Balaban J connectivity index is 2.02. The lowest BCUT2D eigenvalue weighted by Crippen LogP contribution is -2.38. The van der Waals surface area contributed by atoms with Gasteiger partial charge in [0.15, 0.2) is 0 Å². The first-order valence-corrected chi connectivity index (χ1v) is 6.88. The molecule has 1 fully saturated rings. The Bertz CT molecular complexity index is 524. The van der Waals surface area contributed by atoms with E-state index in [1.807, 2.05) is 0 Å². The molecule has 1 atom stereocenters. The van der Waals surface area contributed by atoms with E-state index in [1.54, 1.807) is 18.2 Å². The Morgan fingerprint density at radius 1 is 1.47 bits per heavy atom. The van der Waals surface area contributed by atoms with Crippen molar-refractivity contribution in [2.75, 3.05) is 18.4 Å². The first kappa shape index (κ1) is 14.3. The van der Waals surface area contributed by atoms with Crippen molar-refractivity contribution in [2.24, 2.45) is 0 Å². The second-order valence-electron chi connectivity index (χ2n) is 4.27. The van der Waals surface area contributed by atoms with Crippen molar-refractivity contribution in [1.82, 2.24) is 4.90 Å². The highest BCUT2D eigenvalue weighted by atomic mass is 79.9. The molecule has 1 aliphatic heterocycles. The second kappa shape index (κ2) is 5.90. The molecular formula is C12H12BrClN2O3. The number of nitrogens with one attached hydrogen (secondary N) is 1. The number of carbonyl (C=O) groups excluding carboxylic acids is 2. The minimum absolute atomic E-state index is 0.202. The van der Waals surface area contributed by atoms with E-state index in [0.717, 1.165) is 0 Å². The SMILES string of the molecule is O=C(Nc1ccc(Cl)cc1Br)C(=O)N1CC[C@@H](O)C1. The van der Waals surface area contributed by atoms with Crippen LogP contribution in [-0.2, 0) is 9.59 Å². The Kier molecular flexibility index (Phi) is 4.44. The van der Waals surface area contributed by atoms with Gasteiger partial charge >= 0.3 is 11.8 Å². The Labute approximate surface area is 123 Å². The van der Waals surface area contributed by atoms with E-state index >= 15 is 0 Å². The average Bonchev–Trinajstić information content (AvgIpc) is 2.78. The molecule has 19 heavy (non-hydrogen) atoms. The number of aliphatic hydroxyl groups is 1. The normalized spacial score (nSPS) is 18.5. The molecule has 1 aromatic carbocycles. The van der Waals surface area contributed by atoms with Gasteiger partial charge in [-0.1, -0.05) is 11.6 Å². The van der Waals surface area contributed by atoms with Crippen LogP contribution in [0.4, 0.5) is 5.69 Å². The van der Waals surface area contributed by atoms with Gasteiger partial charge in [-0.15, -0.1) is 0 Å². The highest BCUT2D eigenvalue weighted by molar-refractivity contribution is 9.10. The van der Waals surface area contributed by atoms with E-state index in [9.17, 15) is 14.7 Å². The van der Waals surface area contributed by atoms with Gasteiger partial charge in [0, 0.05) is 22.6 Å². The summed E-state index contributed by atoms with van der Waals surface area (Å²) in [6.07, 6.45) is -0.0389. The summed E-state index contributed by atoms with van der Waals surface area (Å²) < 4.78 is 0.600. The smallest absolute Gasteiger partial charge is 0.313 e. The first-order valence-electron chi connectivity index (χ1n) is 5.71. The van der Waals surface area contributed by atoms with Crippen LogP contribution in [0.15, 0.2) is 22.7 Å². The van der Waals surface area contributed by atoms with Crippen LogP contribution in [0.3, 0.4) is 0 Å². The van der Waals surface area contributed by atoms with E-state index in [0.29, 0.717) is 28.1 Å². The number of β-amino-alcohol motifs (C(OH)–C–C–N with tert-alkyl or cyclic N) is 1. The molecule has 2 N–H and O–H groups in total. The zero-order valence-corrected chi connectivity index (χ0v) is 12.2. The van der Waals surface area contributed by atoms with Gasteiger partial charge in [0.05, 0.1) is 11.8 Å². The number of hydrogen-bond acceptors (Lipinski definition) is 3. The van der Waals surface area contributed by atoms with Crippen LogP contribution in [0.2, 0.25) is 5.02 Å². The molecule has 7 heteroatoms. The van der Waals surface area contributed by atoms with E-state index in [-0.39, 0.29) is 6.54 Å². The maximum absolute atomic E-state index is 11.8. The molecule has 1 saturated heterocycles. The standard InChI is InChI=1S/C12H12BrClN2O3/c13-9-5-7(14)1-2-10(9)15-11(18)12(19)16-4-3-8(17)6-16/h1-2,5,8,17H,3-4,6H2,(H,15,18)/t8-/m1/s1. The second-order valence-corrected chi connectivity index (χ2v) is 5.56. The molecule has 102 valence electrons. The number of hydrogen-bond donors (Lipinski definition) is 2. The average molecular weight is 348 g/mol. The molecule has 5 nitrogen and oxygen atoms in total. The topological polar surface area (TPSA) is 69.6 Å². The number of rotatable bonds is 1. The molecule has 1 aromatic rings. The Morgan fingerprint density at radius 3 is 2.79 bits per heavy atom. The number of likely N-dealkylation sites (tertiary alicyclic amines) is 1. The number of nitrogens with zero attached hydrogens (tertiary/aromatic N) is 1. The molecule has 0 aliphatic carbocycles. The van der Waals surface area contributed by atoms with Crippen LogP contribution >= 0.6 is 27.5 Å². The van der Waals surface area contributed by atoms with Gasteiger partial charge in [-0.25, -0.2) is 0 Å². The van der Waals surface area contributed by atoms with Crippen molar-refractivity contribution < 1.29 is 14.7 Å². The van der Waals surface area contributed by atoms with Crippen LogP contribution in [0, 0.1) is 0 Å². The van der Waals surface area contributed by atoms with Crippen LogP contribution in [0.5, 0.6) is 0 Å². The predicted molar refractivity (Wildman–Crippen MR) is 75.0 cm³/mol. The number of anilines is 1. The fraction of sp³-hybridized carbons (Fsp3) is 0.333. The zero-order valence-electron chi connectivity index (χ0n) is 9.90. The van der Waals surface area contributed by atoms with Gasteiger partial charge < -0.3 is 15.3 Å². The maximum atomic E-state index is 11.8. The number of amides is 2. The molecular weight excluding hydrogens is 336 g/mol. The van der Waals surface area contributed by atoms with Crippen molar-refractivity contribution in [3.63, 3.8) is 0 Å². The lowest BCUT2D eigenvalue weighted by atomic mass is 10.3. The quantitative estimate of drug-likeness (QED) is 0.759. The summed E-state index contributed by atoms with van der Waals surface area (Å²) in [5, 5.41) is 12.4. The van der Waals surface area contributed by atoms with Crippen molar-refractivity contribution in [3.8, 4) is 0 Å². The monoisotopic (exact) mass is 346 g/mol. The van der Waals surface area contributed by atoms with Gasteiger partial charge in [-0.3, -0.25) is 9.59 Å². The third-order valence-corrected chi connectivity index (χ3v) is 3.72. The molecule has 1 heterocycles. The zero-order chi connectivity index (χ0) is 14.0. The molecule has 1 aliphatic rings. The minimum Gasteiger partial charge on any atom is -0.391 e. The van der Waals surface area contributed by atoms with Crippen molar-refractivity contribution in [3.05, 3.63) is 27.7 Å². The number of halogens is 2. The van der Waals surface area contributed by atoms with Gasteiger partial charge in [0.2, 0.25) is 0 Å². The van der Waals surface area contributed by atoms with Crippen molar-refractivity contribution in [2.45, 2.75) is 12.5 Å². The highest BCUT2D eigenvalue weighted by Crippen LogP contribution is 2.26. The first-order chi connectivity index (χ1) is 8.97. The van der Waals surface area contributed by atoms with Crippen LogP contribution < -0.4 is 5.32 Å². The predicted octanol–water partition coefficient (Wildman–Crippen LogP) is 1.63. The van der Waals surface area contributed by atoms with E-state index < -0.39 is 17.9 Å². The number of benzene rings is 1. The lowest BCUT2D eigenvalue weighted by molar-refractivity contribution is -0.142. The molecule has 0 unspecified atom stereocenters. The molecule has 0 bridgehead atoms. The Hall–Kier alpha value is -1.11. The summed E-state index contributed by atoms with van der Waals surface area (Å²) in [6, 6.07) is 4.85. The fourth-order valence-electron chi connectivity index (χ4n) is 1.84. The summed E-state index contributed by atoms with van der Waals surface area (Å²) in [4.78, 5) is 25.0. The van der Waals surface area contributed by atoms with Crippen LogP contribution in [0.1, 0.15) is 6.42 Å². The highest BCUT2D eigenvalue weighted by Gasteiger charge is 2.29. The lowest BCUT2D eigenvalue weighted by Gasteiger charge is -2.15. The number of aliphatic hydroxyl groups excluding tert-OH is 1. The van der Waals surface area contributed by atoms with Gasteiger partial charge in [0.1, 0.15) is 0 Å². The molecule has 2 rings (SSSR count). The molecule has 0 saturated carbocycles. The third-order valence-electron chi connectivity index (χ3n) is 2.82. The Morgan fingerprint density at radius 2 is 2.21 bits per heavy atom. The van der Waals surface area contributed by atoms with E-state index in [1.165, 1.54) is 4.90 Å². The van der Waals surface area contributed by atoms with Crippen molar-refractivity contribution in [1.29, 1.82) is 0 Å². The van der Waals surface area contributed by atoms with E-state index in [4.69, 9.17) is 11.6 Å². The third kappa shape index (κ3) is 3.46. The summed E-state index contributed by atoms with van der Waals surface area (Å²) in [5.74, 6) is -1.37. The van der Waals surface area contributed by atoms with Crippen molar-refractivity contribution >= 4 is 45.0 Å². The molecule has 2 amide bonds. The summed E-state index contributed by atoms with van der Waals surface area (Å²) in [5.41, 5.74) is 0.475. The van der Waals surface area contributed by atoms with Gasteiger partial charge in [-0.05, 0) is 40.5 Å². The van der Waals surface area contributed by atoms with Gasteiger partial charge in [-0.2, -0.15) is 0 Å².